The van der Waals surface area contributed by atoms with Crippen molar-refractivity contribution in [1.29, 1.82) is 0 Å². The summed E-state index contributed by atoms with van der Waals surface area (Å²) in [6.07, 6.45) is 0.830. The Morgan fingerprint density at radius 2 is 1.59 bits per heavy atom. The van der Waals surface area contributed by atoms with Crippen molar-refractivity contribution in [2.45, 2.75) is 57.5 Å². The predicted molar refractivity (Wildman–Crippen MR) is 74.0 cm³/mol. The van der Waals surface area contributed by atoms with Crippen molar-refractivity contribution in [2.75, 3.05) is 6.61 Å². The number of hydrogen-bond donors (Lipinski definition) is 0. The summed E-state index contributed by atoms with van der Waals surface area (Å²) in [5.74, 6) is -1.59. The van der Waals surface area contributed by atoms with Gasteiger partial charge < -0.3 is 9.53 Å². The molecule has 0 unspecified atom stereocenters. The highest BCUT2D eigenvalue weighted by Gasteiger charge is 2.42. The fourth-order valence-electron chi connectivity index (χ4n) is 3.47. The molecule has 0 radical (unpaired) electrons. The summed E-state index contributed by atoms with van der Waals surface area (Å²) in [6.45, 7) is 0.337. The van der Waals surface area contributed by atoms with Crippen LogP contribution in [-0.4, -0.2) is 25.0 Å². The van der Waals surface area contributed by atoms with Crippen LogP contribution < -0.4 is 0 Å². The van der Waals surface area contributed by atoms with Crippen molar-refractivity contribution in [3.05, 3.63) is 0 Å². The van der Waals surface area contributed by atoms with E-state index in [-0.39, 0.29) is 49.4 Å². The predicted octanol–water partition coefficient (Wildman–Crippen LogP) is 3.90. The van der Waals surface area contributed by atoms with Gasteiger partial charge in [0.2, 0.25) is 0 Å². The molecule has 0 aromatic carbocycles. The van der Waals surface area contributed by atoms with Crippen molar-refractivity contribution >= 4 is 12.3 Å². The molecule has 0 amide bonds. The molecular weight excluding hydrogens is 297 g/mol. The molecule has 0 aromatic heterocycles. The van der Waals surface area contributed by atoms with E-state index in [4.69, 9.17) is 4.74 Å². The molecule has 6 heteroatoms. The summed E-state index contributed by atoms with van der Waals surface area (Å²) in [5, 5.41) is 0. The van der Waals surface area contributed by atoms with Crippen LogP contribution in [0.25, 0.3) is 0 Å². The first-order chi connectivity index (χ1) is 10.4. The van der Waals surface area contributed by atoms with Crippen LogP contribution in [0.4, 0.5) is 13.2 Å². The molecule has 2 fully saturated rings. The SMILES string of the molecule is O=CC1CCC(COC(=O)C2CCC(C(F)(F)F)CC2)CC1. The van der Waals surface area contributed by atoms with Gasteiger partial charge in [-0.05, 0) is 57.3 Å². The molecule has 2 saturated carbocycles. The van der Waals surface area contributed by atoms with Crippen LogP contribution in [0.3, 0.4) is 0 Å². The number of rotatable bonds is 4. The number of esters is 1. The summed E-state index contributed by atoms with van der Waals surface area (Å²) in [6, 6.07) is 0. The molecule has 0 bridgehead atoms. The molecule has 0 atom stereocenters. The molecule has 0 heterocycles. The van der Waals surface area contributed by atoms with E-state index >= 15 is 0 Å². The second-order valence-electron chi connectivity index (χ2n) is 6.64. The van der Waals surface area contributed by atoms with Crippen LogP contribution in [0.2, 0.25) is 0 Å². The van der Waals surface area contributed by atoms with Crippen molar-refractivity contribution in [3.8, 4) is 0 Å². The van der Waals surface area contributed by atoms with Gasteiger partial charge in [0.1, 0.15) is 6.29 Å². The molecular formula is C16H23F3O3. The molecule has 2 aliphatic carbocycles. The number of carbonyl (C=O) groups is 2. The van der Waals surface area contributed by atoms with E-state index in [2.05, 4.69) is 0 Å². The zero-order valence-electron chi connectivity index (χ0n) is 12.6. The molecule has 0 saturated heterocycles. The Kier molecular flexibility index (Phi) is 5.87. The maximum Gasteiger partial charge on any atom is 0.391 e. The van der Waals surface area contributed by atoms with Crippen molar-refractivity contribution < 1.29 is 27.5 Å². The normalized spacial score (nSPS) is 33.2. The van der Waals surface area contributed by atoms with E-state index < -0.39 is 12.1 Å². The third-order valence-corrected chi connectivity index (χ3v) is 5.07. The third kappa shape index (κ3) is 4.71. The van der Waals surface area contributed by atoms with Gasteiger partial charge >= 0.3 is 12.1 Å². The maximum atomic E-state index is 12.6. The number of alkyl halides is 3. The fourth-order valence-corrected chi connectivity index (χ4v) is 3.47. The Morgan fingerprint density at radius 3 is 2.09 bits per heavy atom. The maximum absolute atomic E-state index is 12.6. The molecule has 22 heavy (non-hydrogen) atoms. The molecule has 0 N–H and O–H groups in total. The third-order valence-electron chi connectivity index (χ3n) is 5.07. The lowest BCUT2D eigenvalue weighted by Crippen LogP contribution is -2.31. The van der Waals surface area contributed by atoms with Crippen LogP contribution in [0, 0.1) is 23.7 Å². The Morgan fingerprint density at radius 1 is 1.00 bits per heavy atom. The summed E-state index contributed by atoms with van der Waals surface area (Å²) in [4.78, 5) is 22.6. The van der Waals surface area contributed by atoms with Crippen molar-refractivity contribution in [2.24, 2.45) is 23.7 Å². The summed E-state index contributed by atoms with van der Waals surface area (Å²) >= 11 is 0. The Bertz CT molecular complexity index is 379. The Hall–Kier alpha value is -1.07. The van der Waals surface area contributed by atoms with E-state index in [9.17, 15) is 22.8 Å². The Balaban J connectivity index is 1.67. The average molecular weight is 320 g/mol. The van der Waals surface area contributed by atoms with E-state index in [0.29, 0.717) is 6.61 Å². The zero-order chi connectivity index (χ0) is 16.2. The molecule has 0 aliphatic heterocycles. The first-order valence-corrected chi connectivity index (χ1v) is 8.08. The minimum Gasteiger partial charge on any atom is -0.465 e. The Labute approximate surface area is 128 Å². The van der Waals surface area contributed by atoms with Gasteiger partial charge in [0.25, 0.3) is 0 Å². The molecule has 0 aromatic rings. The van der Waals surface area contributed by atoms with E-state index in [0.717, 1.165) is 32.0 Å². The molecule has 126 valence electrons. The molecule has 3 nitrogen and oxygen atoms in total. The number of aldehydes is 1. The second-order valence-corrected chi connectivity index (χ2v) is 6.64. The summed E-state index contributed by atoms with van der Waals surface area (Å²) < 4.78 is 43.0. The first-order valence-electron chi connectivity index (χ1n) is 8.08. The molecule has 0 spiro atoms. The number of ether oxygens (including phenoxy) is 1. The highest BCUT2D eigenvalue weighted by atomic mass is 19.4. The van der Waals surface area contributed by atoms with Gasteiger partial charge in [-0.25, -0.2) is 0 Å². The number of halogens is 3. The minimum absolute atomic E-state index is 0.0215. The number of hydrogen-bond acceptors (Lipinski definition) is 3. The van der Waals surface area contributed by atoms with E-state index in [1.165, 1.54) is 0 Å². The lowest BCUT2D eigenvalue weighted by molar-refractivity contribution is -0.187. The van der Waals surface area contributed by atoms with Crippen molar-refractivity contribution in [3.63, 3.8) is 0 Å². The average Bonchev–Trinajstić information content (AvgIpc) is 2.52. The van der Waals surface area contributed by atoms with Crippen molar-refractivity contribution in [1.82, 2.24) is 0 Å². The monoisotopic (exact) mass is 320 g/mol. The van der Waals surface area contributed by atoms with Crippen LogP contribution in [-0.2, 0) is 14.3 Å². The highest BCUT2D eigenvalue weighted by molar-refractivity contribution is 5.72. The minimum atomic E-state index is -4.15. The van der Waals surface area contributed by atoms with E-state index in [1.54, 1.807) is 0 Å². The lowest BCUT2D eigenvalue weighted by atomic mass is 9.81. The number of carbonyl (C=O) groups excluding carboxylic acids is 2. The second kappa shape index (κ2) is 7.47. The molecule has 2 rings (SSSR count). The largest absolute Gasteiger partial charge is 0.465 e. The fraction of sp³-hybridized carbons (Fsp3) is 0.875. The van der Waals surface area contributed by atoms with Crippen LogP contribution in [0.5, 0.6) is 0 Å². The van der Waals surface area contributed by atoms with Gasteiger partial charge in [0.05, 0.1) is 18.4 Å². The van der Waals surface area contributed by atoms with Gasteiger partial charge in [0.15, 0.2) is 0 Å². The standard InChI is InChI=1S/C16H23F3O3/c17-16(18,19)14-7-5-13(6-8-14)15(21)22-10-12-3-1-11(9-20)2-4-12/h9,11-14H,1-8,10H2. The molecule has 2 aliphatic rings. The van der Waals surface area contributed by atoms with Gasteiger partial charge in [-0.15, -0.1) is 0 Å². The van der Waals surface area contributed by atoms with Crippen LogP contribution in [0.15, 0.2) is 0 Å². The van der Waals surface area contributed by atoms with Gasteiger partial charge in [0, 0.05) is 5.92 Å². The van der Waals surface area contributed by atoms with Crippen LogP contribution in [0.1, 0.15) is 51.4 Å². The topological polar surface area (TPSA) is 43.4 Å². The van der Waals surface area contributed by atoms with Gasteiger partial charge in [-0.3, -0.25) is 4.79 Å². The zero-order valence-corrected chi connectivity index (χ0v) is 12.6. The highest BCUT2D eigenvalue weighted by Crippen LogP contribution is 2.40. The van der Waals surface area contributed by atoms with Gasteiger partial charge in [-0.1, -0.05) is 0 Å². The summed E-state index contributed by atoms with van der Waals surface area (Å²) in [5.41, 5.74) is 0. The summed E-state index contributed by atoms with van der Waals surface area (Å²) in [7, 11) is 0. The quantitative estimate of drug-likeness (QED) is 0.583. The lowest BCUT2D eigenvalue weighted by Gasteiger charge is -2.29. The smallest absolute Gasteiger partial charge is 0.391 e. The first kappa shape index (κ1) is 17.3. The van der Waals surface area contributed by atoms with E-state index in [1.807, 2.05) is 0 Å². The van der Waals surface area contributed by atoms with Gasteiger partial charge in [-0.2, -0.15) is 13.2 Å². The van der Waals surface area contributed by atoms with Crippen LogP contribution >= 0.6 is 0 Å².